The summed E-state index contributed by atoms with van der Waals surface area (Å²) in [5, 5.41) is 14.1. The number of nitriles is 1. The quantitative estimate of drug-likeness (QED) is 0.430. The van der Waals surface area contributed by atoms with Crippen LogP contribution in [0.3, 0.4) is 0 Å². The SMILES string of the molecule is N#Cc1cncc(-c2ccc(OCCCl)cc2)c1Nc1cccc2[nH]ccc12. The first kappa shape index (κ1) is 17.9. The third-order valence-corrected chi connectivity index (χ3v) is 4.59. The van der Waals surface area contributed by atoms with Crippen molar-refractivity contribution in [1.82, 2.24) is 9.97 Å². The van der Waals surface area contributed by atoms with Gasteiger partial charge >= 0.3 is 0 Å². The van der Waals surface area contributed by atoms with Gasteiger partial charge in [0.2, 0.25) is 0 Å². The molecule has 0 unspecified atom stereocenters. The van der Waals surface area contributed by atoms with Gasteiger partial charge in [0.1, 0.15) is 18.4 Å². The maximum absolute atomic E-state index is 9.61. The fraction of sp³-hybridized carbons (Fsp3) is 0.0909. The van der Waals surface area contributed by atoms with E-state index in [1.54, 1.807) is 12.4 Å². The van der Waals surface area contributed by atoms with Gasteiger partial charge in [0, 0.05) is 40.7 Å². The van der Waals surface area contributed by atoms with Gasteiger partial charge in [-0.25, -0.2) is 0 Å². The summed E-state index contributed by atoms with van der Waals surface area (Å²) in [6, 6.07) is 17.9. The van der Waals surface area contributed by atoms with E-state index >= 15 is 0 Å². The zero-order valence-electron chi connectivity index (χ0n) is 14.9. The van der Waals surface area contributed by atoms with Crippen molar-refractivity contribution in [3.63, 3.8) is 0 Å². The lowest BCUT2D eigenvalue weighted by Gasteiger charge is -2.15. The van der Waals surface area contributed by atoms with Gasteiger partial charge in [-0.3, -0.25) is 4.98 Å². The van der Waals surface area contributed by atoms with Crippen LogP contribution in [0.25, 0.3) is 22.0 Å². The standard InChI is InChI=1S/C22H17ClN4O/c23-9-11-28-17-6-4-15(5-7-17)19-14-25-13-16(12-24)22(19)27-21-3-1-2-20-18(21)8-10-26-20/h1-8,10,13-14,26H,9,11H2,(H,25,27). The molecule has 0 aliphatic heterocycles. The molecule has 0 saturated carbocycles. The number of aromatic amines is 1. The Balaban J connectivity index is 1.75. The number of fused-ring (bicyclic) bond motifs is 1. The summed E-state index contributed by atoms with van der Waals surface area (Å²) >= 11 is 5.67. The van der Waals surface area contributed by atoms with Crippen molar-refractivity contribution in [2.24, 2.45) is 0 Å². The van der Waals surface area contributed by atoms with E-state index in [1.165, 1.54) is 0 Å². The first-order chi connectivity index (χ1) is 13.8. The van der Waals surface area contributed by atoms with E-state index in [9.17, 15) is 5.26 Å². The molecule has 4 rings (SSSR count). The number of ether oxygens (including phenoxy) is 1. The summed E-state index contributed by atoms with van der Waals surface area (Å²) in [5.41, 5.74) is 4.93. The van der Waals surface area contributed by atoms with Gasteiger partial charge in [-0.15, -0.1) is 11.6 Å². The van der Waals surface area contributed by atoms with Crippen LogP contribution in [0.5, 0.6) is 5.75 Å². The highest BCUT2D eigenvalue weighted by molar-refractivity contribution is 6.18. The van der Waals surface area contributed by atoms with Crippen LogP contribution in [-0.2, 0) is 0 Å². The average molecular weight is 389 g/mol. The van der Waals surface area contributed by atoms with E-state index in [4.69, 9.17) is 16.3 Å². The molecule has 2 aromatic heterocycles. The largest absolute Gasteiger partial charge is 0.492 e. The smallest absolute Gasteiger partial charge is 0.119 e. The molecule has 0 fully saturated rings. The maximum Gasteiger partial charge on any atom is 0.119 e. The van der Waals surface area contributed by atoms with Gasteiger partial charge in [0.15, 0.2) is 0 Å². The summed E-state index contributed by atoms with van der Waals surface area (Å²) in [6.45, 7) is 0.458. The second-order valence-electron chi connectivity index (χ2n) is 6.15. The zero-order valence-corrected chi connectivity index (χ0v) is 15.7. The topological polar surface area (TPSA) is 73.7 Å². The van der Waals surface area contributed by atoms with Gasteiger partial charge < -0.3 is 15.0 Å². The number of aromatic nitrogens is 2. The van der Waals surface area contributed by atoms with Crippen LogP contribution in [0.4, 0.5) is 11.4 Å². The molecule has 138 valence electrons. The van der Waals surface area contributed by atoms with Gasteiger partial charge in [-0.1, -0.05) is 18.2 Å². The van der Waals surface area contributed by atoms with Crippen LogP contribution in [0, 0.1) is 11.3 Å². The van der Waals surface area contributed by atoms with E-state index in [0.29, 0.717) is 18.1 Å². The first-order valence-corrected chi connectivity index (χ1v) is 9.34. The molecule has 2 aromatic carbocycles. The van der Waals surface area contributed by atoms with Gasteiger partial charge in [0.05, 0.1) is 17.1 Å². The lowest BCUT2D eigenvalue weighted by molar-refractivity contribution is 0.343. The van der Waals surface area contributed by atoms with Crippen molar-refractivity contribution < 1.29 is 4.74 Å². The Hall–Kier alpha value is -3.49. The molecule has 0 saturated heterocycles. The molecule has 28 heavy (non-hydrogen) atoms. The highest BCUT2D eigenvalue weighted by Crippen LogP contribution is 2.35. The van der Waals surface area contributed by atoms with E-state index in [1.807, 2.05) is 54.7 Å². The summed E-state index contributed by atoms with van der Waals surface area (Å²) < 4.78 is 5.54. The Bertz CT molecular complexity index is 1150. The summed E-state index contributed by atoms with van der Waals surface area (Å²) in [5.74, 6) is 1.19. The molecule has 0 aliphatic rings. The molecular weight excluding hydrogens is 372 g/mol. The van der Waals surface area contributed by atoms with Crippen molar-refractivity contribution in [3.8, 4) is 22.9 Å². The van der Waals surface area contributed by atoms with Crippen LogP contribution in [0.1, 0.15) is 5.56 Å². The van der Waals surface area contributed by atoms with Crippen LogP contribution in [0.15, 0.2) is 67.1 Å². The molecule has 0 bridgehead atoms. The summed E-state index contributed by atoms with van der Waals surface area (Å²) in [4.78, 5) is 7.44. The lowest BCUT2D eigenvalue weighted by Crippen LogP contribution is -1.99. The van der Waals surface area contributed by atoms with Crippen LogP contribution in [0.2, 0.25) is 0 Å². The number of nitrogens with zero attached hydrogens (tertiary/aromatic N) is 2. The number of benzene rings is 2. The molecule has 0 amide bonds. The van der Waals surface area contributed by atoms with Gasteiger partial charge in [-0.05, 0) is 35.9 Å². The van der Waals surface area contributed by atoms with Crippen LogP contribution in [-0.4, -0.2) is 22.5 Å². The third-order valence-electron chi connectivity index (χ3n) is 4.43. The Morgan fingerprint density at radius 3 is 2.75 bits per heavy atom. The molecule has 0 spiro atoms. The highest BCUT2D eigenvalue weighted by Gasteiger charge is 2.13. The number of pyridine rings is 1. The number of halogens is 1. The van der Waals surface area contributed by atoms with Crippen molar-refractivity contribution in [1.29, 1.82) is 5.26 Å². The molecule has 6 heteroatoms. The Morgan fingerprint density at radius 2 is 1.96 bits per heavy atom. The number of alkyl halides is 1. The van der Waals surface area contributed by atoms with E-state index < -0.39 is 0 Å². The number of hydrogen-bond acceptors (Lipinski definition) is 4. The number of rotatable bonds is 6. The molecule has 5 nitrogen and oxygen atoms in total. The van der Waals surface area contributed by atoms with Gasteiger partial charge in [-0.2, -0.15) is 5.26 Å². The summed E-state index contributed by atoms with van der Waals surface area (Å²) in [7, 11) is 0. The number of H-pyrrole nitrogens is 1. The monoisotopic (exact) mass is 388 g/mol. The minimum atomic E-state index is 0.439. The first-order valence-electron chi connectivity index (χ1n) is 8.80. The molecule has 0 radical (unpaired) electrons. The van der Waals surface area contributed by atoms with Crippen molar-refractivity contribution >= 4 is 33.9 Å². The second-order valence-corrected chi connectivity index (χ2v) is 6.53. The minimum Gasteiger partial charge on any atom is -0.492 e. The minimum absolute atomic E-state index is 0.439. The number of hydrogen-bond donors (Lipinski definition) is 2. The molecule has 2 N–H and O–H groups in total. The Labute approximate surface area is 167 Å². The van der Waals surface area contributed by atoms with Gasteiger partial charge in [0.25, 0.3) is 0 Å². The lowest BCUT2D eigenvalue weighted by atomic mass is 10.0. The predicted molar refractivity (Wildman–Crippen MR) is 112 cm³/mol. The van der Waals surface area contributed by atoms with Crippen LogP contribution < -0.4 is 10.1 Å². The predicted octanol–water partition coefficient (Wildman–Crippen LogP) is 5.46. The summed E-state index contributed by atoms with van der Waals surface area (Å²) in [6.07, 6.45) is 5.23. The fourth-order valence-electron chi connectivity index (χ4n) is 3.12. The Morgan fingerprint density at radius 1 is 1.11 bits per heavy atom. The Kier molecular flexibility index (Phi) is 5.14. The van der Waals surface area contributed by atoms with E-state index in [2.05, 4.69) is 21.4 Å². The normalized spacial score (nSPS) is 10.6. The molecular formula is C22H17ClN4O. The van der Waals surface area contributed by atoms with Crippen molar-refractivity contribution in [2.45, 2.75) is 0 Å². The maximum atomic E-state index is 9.61. The average Bonchev–Trinajstić information content (AvgIpc) is 3.23. The van der Waals surface area contributed by atoms with Crippen molar-refractivity contribution in [2.75, 3.05) is 17.8 Å². The zero-order chi connectivity index (χ0) is 19.3. The number of nitrogens with one attached hydrogen (secondary N) is 2. The fourth-order valence-corrected chi connectivity index (χ4v) is 3.19. The molecule has 0 aliphatic carbocycles. The molecule has 0 atom stereocenters. The van der Waals surface area contributed by atoms with Crippen molar-refractivity contribution in [3.05, 3.63) is 72.7 Å². The van der Waals surface area contributed by atoms with E-state index in [-0.39, 0.29) is 0 Å². The van der Waals surface area contributed by atoms with E-state index in [0.717, 1.165) is 39.2 Å². The second kappa shape index (κ2) is 8.03. The highest BCUT2D eigenvalue weighted by atomic mass is 35.5. The third kappa shape index (κ3) is 3.51. The van der Waals surface area contributed by atoms with Crippen LogP contribution >= 0.6 is 11.6 Å². The number of anilines is 2. The molecule has 2 heterocycles. The molecule has 4 aromatic rings.